The second kappa shape index (κ2) is 3.54. The third-order valence-corrected chi connectivity index (χ3v) is 2.93. The third kappa shape index (κ3) is 1.46. The average molecular weight is 201 g/mol. The van der Waals surface area contributed by atoms with Gasteiger partial charge in [0.1, 0.15) is 0 Å². The second-order valence-corrected chi connectivity index (χ2v) is 3.91. The van der Waals surface area contributed by atoms with Gasteiger partial charge in [0.25, 0.3) is 0 Å². The summed E-state index contributed by atoms with van der Waals surface area (Å²) in [6, 6.07) is 5.91. The van der Waals surface area contributed by atoms with Gasteiger partial charge in [-0.05, 0) is 31.9 Å². The molecule has 78 valence electrons. The lowest BCUT2D eigenvalue weighted by molar-refractivity contribution is 1.02. The molecule has 0 aliphatic rings. The van der Waals surface area contributed by atoms with Crippen molar-refractivity contribution in [3.8, 4) is 0 Å². The van der Waals surface area contributed by atoms with Gasteiger partial charge in [0.2, 0.25) is 0 Å². The van der Waals surface area contributed by atoms with Crippen LogP contribution in [-0.4, -0.2) is 4.98 Å². The largest absolute Gasteiger partial charge is 0.358 e. The zero-order chi connectivity index (χ0) is 11.0. The molecular formula is C13H15NO. The van der Waals surface area contributed by atoms with Crippen LogP contribution < -0.4 is 5.43 Å². The van der Waals surface area contributed by atoms with E-state index >= 15 is 0 Å². The van der Waals surface area contributed by atoms with Gasteiger partial charge in [-0.25, -0.2) is 0 Å². The SMILES string of the molecule is CCc1[nH]c2cccc(C)c2c(=O)c1C. The van der Waals surface area contributed by atoms with Crippen molar-refractivity contribution in [1.82, 2.24) is 4.98 Å². The molecule has 1 heterocycles. The van der Waals surface area contributed by atoms with Crippen molar-refractivity contribution >= 4 is 10.9 Å². The quantitative estimate of drug-likeness (QED) is 0.756. The first kappa shape index (κ1) is 9.97. The fourth-order valence-electron chi connectivity index (χ4n) is 2.01. The van der Waals surface area contributed by atoms with E-state index in [1.165, 1.54) is 0 Å². The maximum atomic E-state index is 12.1. The minimum absolute atomic E-state index is 0.165. The van der Waals surface area contributed by atoms with E-state index in [0.717, 1.165) is 34.1 Å². The molecule has 2 heteroatoms. The summed E-state index contributed by atoms with van der Waals surface area (Å²) in [5.41, 5.74) is 4.04. The molecule has 1 aromatic carbocycles. The van der Waals surface area contributed by atoms with Crippen LogP contribution in [0.3, 0.4) is 0 Å². The van der Waals surface area contributed by atoms with E-state index in [0.29, 0.717) is 0 Å². The highest BCUT2D eigenvalue weighted by Gasteiger charge is 2.07. The van der Waals surface area contributed by atoms with Gasteiger partial charge in [-0.2, -0.15) is 0 Å². The molecule has 0 radical (unpaired) electrons. The van der Waals surface area contributed by atoms with E-state index in [4.69, 9.17) is 0 Å². The first-order valence-electron chi connectivity index (χ1n) is 5.26. The Bertz CT molecular complexity index is 566. The molecule has 0 aliphatic carbocycles. The number of benzene rings is 1. The Hall–Kier alpha value is -1.57. The smallest absolute Gasteiger partial charge is 0.192 e. The highest BCUT2D eigenvalue weighted by Crippen LogP contribution is 2.15. The maximum absolute atomic E-state index is 12.1. The summed E-state index contributed by atoms with van der Waals surface area (Å²) in [5.74, 6) is 0. The summed E-state index contributed by atoms with van der Waals surface area (Å²) in [4.78, 5) is 15.4. The lowest BCUT2D eigenvalue weighted by atomic mass is 10.0. The molecule has 0 saturated heterocycles. The van der Waals surface area contributed by atoms with E-state index in [1.54, 1.807) is 0 Å². The van der Waals surface area contributed by atoms with E-state index in [1.807, 2.05) is 32.0 Å². The second-order valence-electron chi connectivity index (χ2n) is 3.91. The van der Waals surface area contributed by atoms with Gasteiger partial charge < -0.3 is 4.98 Å². The van der Waals surface area contributed by atoms with Crippen molar-refractivity contribution in [3.05, 3.63) is 45.2 Å². The van der Waals surface area contributed by atoms with E-state index in [-0.39, 0.29) is 5.43 Å². The van der Waals surface area contributed by atoms with Crippen molar-refractivity contribution in [2.45, 2.75) is 27.2 Å². The average Bonchev–Trinajstić information content (AvgIpc) is 2.23. The molecule has 1 N–H and O–H groups in total. The van der Waals surface area contributed by atoms with Crippen LogP contribution in [0.4, 0.5) is 0 Å². The lowest BCUT2D eigenvalue weighted by Crippen LogP contribution is -2.12. The Balaban J connectivity index is 2.98. The van der Waals surface area contributed by atoms with Crippen molar-refractivity contribution in [2.24, 2.45) is 0 Å². The molecule has 0 fully saturated rings. The molecule has 0 bridgehead atoms. The molecule has 2 aromatic rings. The number of hydrogen-bond acceptors (Lipinski definition) is 1. The summed E-state index contributed by atoms with van der Waals surface area (Å²) in [7, 11) is 0. The van der Waals surface area contributed by atoms with Gasteiger partial charge in [0.15, 0.2) is 5.43 Å². The Morgan fingerprint density at radius 2 is 2.00 bits per heavy atom. The molecule has 0 unspecified atom stereocenters. The van der Waals surface area contributed by atoms with Crippen LogP contribution in [0.5, 0.6) is 0 Å². The van der Waals surface area contributed by atoms with Crippen LogP contribution in [0.1, 0.15) is 23.7 Å². The Kier molecular flexibility index (Phi) is 2.35. The summed E-state index contributed by atoms with van der Waals surface area (Å²) in [5, 5.41) is 0.826. The fraction of sp³-hybridized carbons (Fsp3) is 0.308. The minimum atomic E-state index is 0.165. The highest BCUT2D eigenvalue weighted by atomic mass is 16.1. The molecule has 2 nitrogen and oxygen atoms in total. The molecule has 0 spiro atoms. The number of aromatic amines is 1. The van der Waals surface area contributed by atoms with Gasteiger partial charge in [-0.1, -0.05) is 19.1 Å². The summed E-state index contributed by atoms with van der Waals surface area (Å²) in [6.07, 6.45) is 0.866. The van der Waals surface area contributed by atoms with Gasteiger partial charge in [-0.15, -0.1) is 0 Å². The van der Waals surface area contributed by atoms with Crippen LogP contribution in [0.25, 0.3) is 10.9 Å². The molecule has 2 rings (SSSR count). The summed E-state index contributed by atoms with van der Waals surface area (Å²) in [6.45, 7) is 5.92. The van der Waals surface area contributed by atoms with Gasteiger partial charge >= 0.3 is 0 Å². The van der Waals surface area contributed by atoms with Gasteiger partial charge in [-0.3, -0.25) is 4.79 Å². The van der Waals surface area contributed by atoms with E-state index in [9.17, 15) is 4.79 Å². The van der Waals surface area contributed by atoms with Gasteiger partial charge in [0, 0.05) is 22.2 Å². The van der Waals surface area contributed by atoms with Crippen LogP contribution >= 0.6 is 0 Å². The zero-order valence-corrected chi connectivity index (χ0v) is 9.35. The summed E-state index contributed by atoms with van der Waals surface area (Å²) >= 11 is 0. The highest BCUT2D eigenvalue weighted by molar-refractivity contribution is 5.82. The first-order valence-corrected chi connectivity index (χ1v) is 5.26. The number of hydrogen-bond donors (Lipinski definition) is 1. The molecular weight excluding hydrogens is 186 g/mol. The van der Waals surface area contributed by atoms with Crippen molar-refractivity contribution in [2.75, 3.05) is 0 Å². The van der Waals surface area contributed by atoms with Crippen molar-refractivity contribution in [1.29, 1.82) is 0 Å². The van der Waals surface area contributed by atoms with E-state index < -0.39 is 0 Å². The topological polar surface area (TPSA) is 32.9 Å². The van der Waals surface area contributed by atoms with Crippen LogP contribution in [0.15, 0.2) is 23.0 Å². The molecule has 0 aliphatic heterocycles. The van der Waals surface area contributed by atoms with Crippen molar-refractivity contribution < 1.29 is 0 Å². The van der Waals surface area contributed by atoms with E-state index in [2.05, 4.69) is 11.9 Å². The molecule has 0 saturated carbocycles. The number of aromatic nitrogens is 1. The van der Waals surface area contributed by atoms with Gasteiger partial charge in [0.05, 0.1) is 0 Å². The first-order chi connectivity index (χ1) is 7.15. The summed E-state index contributed by atoms with van der Waals surface area (Å²) < 4.78 is 0. The van der Waals surface area contributed by atoms with Crippen LogP contribution in [0.2, 0.25) is 0 Å². The normalized spacial score (nSPS) is 10.9. The molecule has 1 aromatic heterocycles. The number of pyridine rings is 1. The Morgan fingerprint density at radius 3 is 2.67 bits per heavy atom. The number of aryl methyl sites for hydroxylation is 2. The Labute approximate surface area is 89.0 Å². The standard InChI is InChI=1S/C13H15NO/c1-4-10-9(3)13(15)12-8(2)6-5-7-11(12)14-10/h5-7H,4H2,1-3H3,(H,14,15). The van der Waals surface area contributed by atoms with Crippen molar-refractivity contribution in [3.63, 3.8) is 0 Å². The molecule has 15 heavy (non-hydrogen) atoms. The zero-order valence-electron chi connectivity index (χ0n) is 9.35. The monoisotopic (exact) mass is 201 g/mol. The Morgan fingerprint density at radius 1 is 1.27 bits per heavy atom. The third-order valence-electron chi connectivity index (χ3n) is 2.93. The maximum Gasteiger partial charge on any atom is 0.192 e. The van der Waals surface area contributed by atoms with Crippen LogP contribution in [-0.2, 0) is 6.42 Å². The number of H-pyrrole nitrogens is 1. The number of nitrogens with one attached hydrogen (secondary N) is 1. The fourth-order valence-corrected chi connectivity index (χ4v) is 2.01. The number of fused-ring (bicyclic) bond motifs is 1. The predicted molar refractivity (Wildman–Crippen MR) is 63.4 cm³/mol. The number of rotatable bonds is 1. The molecule has 0 amide bonds. The minimum Gasteiger partial charge on any atom is -0.358 e. The van der Waals surface area contributed by atoms with Crippen LogP contribution in [0, 0.1) is 13.8 Å². The predicted octanol–water partition coefficient (Wildman–Crippen LogP) is 2.71. The molecule has 0 atom stereocenters. The lowest BCUT2D eigenvalue weighted by Gasteiger charge is -2.07.